The maximum Gasteiger partial charge on any atom is 0.0631 e. The molecule has 1 aromatic rings. The van der Waals surface area contributed by atoms with Crippen LogP contribution < -0.4 is 0 Å². The summed E-state index contributed by atoms with van der Waals surface area (Å²) in [5.74, 6) is 1.29. The van der Waals surface area contributed by atoms with Crippen LogP contribution in [0.4, 0.5) is 0 Å². The quantitative estimate of drug-likeness (QED) is 0.758. The van der Waals surface area contributed by atoms with E-state index in [4.69, 9.17) is 0 Å². The topological polar surface area (TPSA) is 3.24 Å². The molecule has 1 atom stereocenters. The van der Waals surface area contributed by atoms with Crippen LogP contribution in [0.2, 0.25) is 0 Å². The molecule has 1 aliphatic heterocycles. The Balaban J connectivity index is 1.96. The van der Waals surface area contributed by atoms with Gasteiger partial charge in [0.05, 0.1) is 4.21 Å². The van der Waals surface area contributed by atoms with Crippen LogP contribution in [0.5, 0.6) is 0 Å². The minimum absolute atomic E-state index is 0.772. The molecule has 96 valence electrons. The summed E-state index contributed by atoms with van der Waals surface area (Å²) in [6.07, 6.45) is 5.21. The molecule has 1 aliphatic rings. The van der Waals surface area contributed by atoms with Gasteiger partial charge in [-0.15, -0.1) is 23.1 Å². The van der Waals surface area contributed by atoms with E-state index in [9.17, 15) is 0 Å². The molecule has 0 saturated carbocycles. The van der Waals surface area contributed by atoms with Crippen LogP contribution in [0.15, 0.2) is 15.7 Å². The highest BCUT2D eigenvalue weighted by Crippen LogP contribution is 2.36. The molecule has 1 aromatic heterocycles. The number of thioether (sulfide) groups is 1. The Kier molecular flexibility index (Phi) is 5.39. The Morgan fingerprint density at radius 2 is 2.18 bits per heavy atom. The van der Waals surface area contributed by atoms with E-state index in [0.29, 0.717) is 0 Å². The molecule has 0 amide bonds. The summed E-state index contributed by atoms with van der Waals surface area (Å²) in [6, 6.07) is 3.09. The molecule has 0 bridgehead atoms. The Labute approximate surface area is 114 Å². The second-order valence-corrected chi connectivity index (χ2v) is 7.00. The number of rotatable bonds is 6. The molecule has 1 unspecified atom stereocenters. The number of thiophene rings is 1. The first kappa shape index (κ1) is 13.4. The Hall–Kier alpha value is 0.0100. The minimum Gasteiger partial charge on any atom is -0.299 e. The molecular formula is C14H23NS2. The van der Waals surface area contributed by atoms with Gasteiger partial charge >= 0.3 is 0 Å². The van der Waals surface area contributed by atoms with Crippen LogP contribution in [0.3, 0.4) is 0 Å². The molecule has 0 radical (unpaired) electrons. The zero-order chi connectivity index (χ0) is 12.1. The Bertz CT molecular complexity index is 335. The monoisotopic (exact) mass is 269 g/mol. The van der Waals surface area contributed by atoms with Crippen molar-refractivity contribution in [2.45, 2.75) is 49.8 Å². The Morgan fingerprint density at radius 3 is 2.94 bits per heavy atom. The molecule has 0 saturated heterocycles. The minimum atomic E-state index is 0.772. The summed E-state index contributed by atoms with van der Waals surface area (Å²) < 4.78 is 1.56. The zero-order valence-electron chi connectivity index (χ0n) is 10.9. The normalized spacial score (nSPS) is 19.6. The number of hydrogen-bond acceptors (Lipinski definition) is 3. The standard InChI is InChI=1S/C14H23NS2/c1-3-5-8-15(7-4-2)13-10-12-6-9-16-14(12)17-11-13/h6,9,13H,3-5,7-8,10-11H2,1-2H3. The lowest BCUT2D eigenvalue weighted by atomic mass is 10.1. The summed E-state index contributed by atoms with van der Waals surface area (Å²) in [4.78, 5) is 2.72. The average molecular weight is 269 g/mol. The summed E-state index contributed by atoms with van der Waals surface area (Å²) >= 11 is 3.98. The summed E-state index contributed by atoms with van der Waals surface area (Å²) in [6.45, 7) is 7.14. The van der Waals surface area contributed by atoms with E-state index >= 15 is 0 Å². The molecule has 0 aliphatic carbocycles. The third-order valence-electron chi connectivity index (χ3n) is 3.39. The van der Waals surface area contributed by atoms with Crippen molar-refractivity contribution in [1.82, 2.24) is 4.90 Å². The second-order valence-electron chi connectivity index (χ2n) is 4.79. The van der Waals surface area contributed by atoms with Crippen molar-refractivity contribution >= 4 is 23.1 Å². The van der Waals surface area contributed by atoms with Crippen LogP contribution in [0, 0.1) is 0 Å². The maximum absolute atomic E-state index is 2.72. The van der Waals surface area contributed by atoms with E-state index in [-0.39, 0.29) is 0 Å². The molecule has 17 heavy (non-hydrogen) atoms. The first-order valence-electron chi connectivity index (χ1n) is 6.78. The maximum atomic E-state index is 2.72. The van der Waals surface area contributed by atoms with Gasteiger partial charge in [0.1, 0.15) is 0 Å². The number of fused-ring (bicyclic) bond motifs is 1. The fraction of sp³-hybridized carbons (Fsp3) is 0.714. The zero-order valence-corrected chi connectivity index (χ0v) is 12.6. The molecular weight excluding hydrogens is 246 g/mol. The number of hydrogen-bond donors (Lipinski definition) is 0. The molecule has 2 heterocycles. The lowest BCUT2D eigenvalue weighted by Crippen LogP contribution is -2.41. The van der Waals surface area contributed by atoms with Gasteiger partial charge in [-0.2, -0.15) is 0 Å². The van der Waals surface area contributed by atoms with E-state index in [1.807, 2.05) is 11.3 Å². The highest BCUT2D eigenvalue weighted by Gasteiger charge is 2.24. The van der Waals surface area contributed by atoms with Crippen LogP contribution in [-0.4, -0.2) is 29.8 Å². The Morgan fingerprint density at radius 1 is 1.29 bits per heavy atom. The lowest BCUT2D eigenvalue weighted by Gasteiger charge is -2.33. The summed E-state index contributed by atoms with van der Waals surface area (Å²) in [5, 5.41) is 2.25. The fourth-order valence-corrected chi connectivity index (χ4v) is 4.76. The van der Waals surface area contributed by atoms with E-state index in [0.717, 1.165) is 6.04 Å². The van der Waals surface area contributed by atoms with Gasteiger partial charge in [0, 0.05) is 11.8 Å². The molecule has 3 heteroatoms. The van der Waals surface area contributed by atoms with E-state index in [1.165, 1.54) is 44.5 Å². The first-order valence-corrected chi connectivity index (χ1v) is 8.64. The summed E-state index contributed by atoms with van der Waals surface area (Å²) in [7, 11) is 0. The van der Waals surface area contributed by atoms with Gasteiger partial charge in [-0.25, -0.2) is 0 Å². The predicted octanol–water partition coefficient (Wildman–Crippen LogP) is 4.28. The predicted molar refractivity (Wildman–Crippen MR) is 79.3 cm³/mol. The van der Waals surface area contributed by atoms with Crippen molar-refractivity contribution in [2.24, 2.45) is 0 Å². The van der Waals surface area contributed by atoms with E-state index in [2.05, 4.69) is 42.0 Å². The molecule has 0 N–H and O–H groups in total. The highest BCUT2D eigenvalue weighted by molar-refractivity contribution is 8.01. The van der Waals surface area contributed by atoms with Crippen molar-refractivity contribution in [3.8, 4) is 0 Å². The van der Waals surface area contributed by atoms with Gasteiger partial charge in [-0.1, -0.05) is 20.3 Å². The SMILES string of the molecule is CCCCN(CCC)C1CSc2sccc2C1. The van der Waals surface area contributed by atoms with Crippen LogP contribution in [0.25, 0.3) is 0 Å². The largest absolute Gasteiger partial charge is 0.299 e. The number of nitrogens with zero attached hydrogens (tertiary/aromatic N) is 1. The molecule has 2 rings (SSSR count). The van der Waals surface area contributed by atoms with E-state index in [1.54, 1.807) is 9.77 Å². The molecule has 0 spiro atoms. The van der Waals surface area contributed by atoms with Gasteiger partial charge in [-0.3, -0.25) is 4.90 Å². The van der Waals surface area contributed by atoms with Crippen molar-refractivity contribution in [3.63, 3.8) is 0 Å². The molecule has 0 fully saturated rings. The van der Waals surface area contributed by atoms with Crippen molar-refractivity contribution in [1.29, 1.82) is 0 Å². The van der Waals surface area contributed by atoms with Crippen molar-refractivity contribution < 1.29 is 0 Å². The van der Waals surface area contributed by atoms with Gasteiger partial charge in [0.2, 0.25) is 0 Å². The lowest BCUT2D eigenvalue weighted by molar-refractivity contribution is 0.206. The first-order chi connectivity index (χ1) is 8.35. The van der Waals surface area contributed by atoms with Crippen molar-refractivity contribution in [2.75, 3.05) is 18.8 Å². The third-order valence-corrected chi connectivity index (χ3v) is 5.86. The summed E-state index contributed by atoms with van der Waals surface area (Å²) in [5.41, 5.74) is 1.59. The van der Waals surface area contributed by atoms with Gasteiger partial charge in [0.25, 0.3) is 0 Å². The fourth-order valence-electron chi connectivity index (χ4n) is 2.44. The highest BCUT2D eigenvalue weighted by atomic mass is 32.2. The van der Waals surface area contributed by atoms with Crippen molar-refractivity contribution in [3.05, 3.63) is 17.0 Å². The van der Waals surface area contributed by atoms with Crippen LogP contribution >= 0.6 is 23.1 Å². The molecule has 0 aromatic carbocycles. The van der Waals surface area contributed by atoms with Crippen LogP contribution in [-0.2, 0) is 6.42 Å². The molecule has 1 nitrogen and oxygen atoms in total. The second kappa shape index (κ2) is 6.81. The van der Waals surface area contributed by atoms with Gasteiger partial charge < -0.3 is 0 Å². The smallest absolute Gasteiger partial charge is 0.0631 e. The number of unbranched alkanes of at least 4 members (excludes halogenated alkanes) is 1. The van der Waals surface area contributed by atoms with E-state index < -0.39 is 0 Å². The van der Waals surface area contributed by atoms with Gasteiger partial charge in [0.15, 0.2) is 0 Å². The third kappa shape index (κ3) is 3.49. The van der Waals surface area contributed by atoms with Gasteiger partial charge in [-0.05, 0) is 49.4 Å². The van der Waals surface area contributed by atoms with Crippen LogP contribution in [0.1, 0.15) is 38.7 Å². The average Bonchev–Trinajstić information content (AvgIpc) is 2.81.